The van der Waals surface area contributed by atoms with E-state index in [2.05, 4.69) is 70.6 Å². The molecular formula is C35H55N3O3. The molecule has 1 amide bonds. The van der Waals surface area contributed by atoms with Crippen molar-refractivity contribution < 1.29 is 14.1 Å². The second kappa shape index (κ2) is 8.86. The summed E-state index contributed by atoms with van der Waals surface area (Å²) in [5.74, 6) is 2.72. The molecule has 6 heteroatoms. The van der Waals surface area contributed by atoms with Gasteiger partial charge < -0.3 is 9.26 Å². The number of rotatable bonds is 2. The number of amides is 1. The van der Waals surface area contributed by atoms with E-state index >= 15 is 0 Å². The molecule has 2 N–H and O–H groups in total. The minimum absolute atomic E-state index is 0.0227. The zero-order valence-corrected chi connectivity index (χ0v) is 27.4. The van der Waals surface area contributed by atoms with Crippen LogP contribution in [0.25, 0.3) is 0 Å². The highest BCUT2D eigenvalue weighted by atomic mass is 16.6. The third-order valence-corrected chi connectivity index (χ3v) is 13.3. The fourth-order valence-corrected chi connectivity index (χ4v) is 11.2. The summed E-state index contributed by atoms with van der Waals surface area (Å²) < 4.78 is 11.5. The second-order valence-electron chi connectivity index (χ2n) is 17.7. The van der Waals surface area contributed by atoms with Gasteiger partial charge in [0.25, 0.3) is 0 Å². The Morgan fingerprint density at radius 1 is 1.00 bits per heavy atom. The number of nitrogens with zero attached hydrogens (tertiary/aromatic N) is 1. The number of carbonyl (C=O) groups excluding carboxylic acids is 1. The molecular weight excluding hydrogens is 510 g/mol. The predicted molar refractivity (Wildman–Crippen MR) is 162 cm³/mol. The molecule has 7 atom stereocenters. The molecule has 1 heterocycles. The summed E-state index contributed by atoms with van der Waals surface area (Å²) in [6.45, 7) is 23.2. The third kappa shape index (κ3) is 4.19. The molecule has 5 aliphatic rings. The number of fused-ring (bicyclic) bond motifs is 8. The Hall–Kier alpha value is -1.82. The lowest BCUT2D eigenvalue weighted by Crippen LogP contribution is -2.69. The van der Waals surface area contributed by atoms with Crippen LogP contribution < -0.4 is 10.9 Å². The molecule has 1 aromatic rings. The lowest BCUT2D eigenvalue weighted by atomic mass is 9.35. The van der Waals surface area contributed by atoms with Gasteiger partial charge in [0, 0.05) is 16.5 Å². The van der Waals surface area contributed by atoms with Gasteiger partial charge in [-0.15, -0.1) is 0 Å². The van der Waals surface area contributed by atoms with Gasteiger partial charge in [0.15, 0.2) is 0 Å². The average Bonchev–Trinajstić information content (AvgIpc) is 3.31. The molecule has 1 aromatic heterocycles. The van der Waals surface area contributed by atoms with E-state index in [9.17, 15) is 4.79 Å². The Kier molecular flexibility index (Phi) is 6.32. The molecule has 41 heavy (non-hydrogen) atoms. The number of carbonyl (C=O) groups is 1. The number of hydrazine groups is 1. The van der Waals surface area contributed by atoms with E-state index in [-0.39, 0.29) is 33.3 Å². The molecule has 0 bridgehead atoms. The smallest absolute Gasteiger partial charge is 0.422 e. The van der Waals surface area contributed by atoms with Crippen molar-refractivity contribution in [2.75, 3.05) is 0 Å². The normalized spacial score (nSPS) is 42.4. The van der Waals surface area contributed by atoms with Gasteiger partial charge in [-0.05, 0) is 118 Å². The molecule has 6 rings (SSSR count). The van der Waals surface area contributed by atoms with E-state index in [0.29, 0.717) is 23.2 Å². The quantitative estimate of drug-likeness (QED) is 0.279. The van der Waals surface area contributed by atoms with Crippen LogP contribution >= 0.6 is 0 Å². The summed E-state index contributed by atoms with van der Waals surface area (Å²) in [6, 6.07) is 0. The summed E-state index contributed by atoms with van der Waals surface area (Å²) in [6.07, 6.45) is 14.6. The van der Waals surface area contributed by atoms with Crippen molar-refractivity contribution in [1.29, 1.82) is 0 Å². The summed E-state index contributed by atoms with van der Waals surface area (Å²) >= 11 is 0. The van der Waals surface area contributed by atoms with Crippen LogP contribution in [0.3, 0.4) is 0 Å². The van der Waals surface area contributed by atoms with Crippen molar-refractivity contribution in [2.45, 2.75) is 144 Å². The summed E-state index contributed by atoms with van der Waals surface area (Å²) in [5, 5.41) is 4.26. The van der Waals surface area contributed by atoms with Gasteiger partial charge in [0.05, 0.1) is 6.20 Å². The van der Waals surface area contributed by atoms with E-state index in [1.165, 1.54) is 37.7 Å². The number of nitrogens with one attached hydrogen (secondary N) is 2. The van der Waals surface area contributed by atoms with Gasteiger partial charge in [-0.2, -0.15) is 0 Å². The minimum Gasteiger partial charge on any atom is -0.443 e. The summed E-state index contributed by atoms with van der Waals surface area (Å²) in [4.78, 5) is 12.8. The molecule has 0 saturated heterocycles. The molecule has 0 aromatic carbocycles. The molecule has 5 aliphatic carbocycles. The Morgan fingerprint density at radius 3 is 2.41 bits per heavy atom. The Labute approximate surface area is 248 Å². The van der Waals surface area contributed by atoms with E-state index < -0.39 is 5.60 Å². The number of allylic oxidation sites excluding steroid dienone is 2. The van der Waals surface area contributed by atoms with Crippen LogP contribution in [0.5, 0.6) is 0 Å². The number of hydrogen-bond acceptors (Lipinski definition) is 5. The second-order valence-corrected chi connectivity index (χ2v) is 17.7. The van der Waals surface area contributed by atoms with Gasteiger partial charge in [-0.25, -0.2) is 10.2 Å². The maximum Gasteiger partial charge on any atom is 0.422 e. The first-order valence-electron chi connectivity index (χ1n) is 16.3. The minimum atomic E-state index is -0.516. The van der Waals surface area contributed by atoms with Crippen molar-refractivity contribution in [3.8, 4) is 0 Å². The number of hydrogen-bond donors (Lipinski definition) is 2. The van der Waals surface area contributed by atoms with Gasteiger partial charge in [-0.1, -0.05) is 65.3 Å². The van der Waals surface area contributed by atoms with Crippen LogP contribution in [0.15, 0.2) is 22.4 Å². The summed E-state index contributed by atoms with van der Waals surface area (Å²) in [5.41, 5.74) is 9.81. The van der Waals surface area contributed by atoms with E-state index in [4.69, 9.17) is 9.26 Å². The lowest BCUT2D eigenvalue weighted by molar-refractivity contribution is -0.144. The lowest BCUT2D eigenvalue weighted by Gasteiger charge is -2.70. The molecule has 0 aliphatic heterocycles. The van der Waals surface area contributed by atoms with E-state index in [0.717, 1.165) is 31.4 Å². The Morgan fingerprint density at radius 2 is 1.71 bits per heavy atom. The molecule has 0 unspecified atom stereocenters. The van der Waals surface area contributed by atoms with Crippen LogP contribution in [0.4, 0.5) is 4.79 Å². The van der Waals surface area contributed by atoms with Crippen molar-refractivity contribution in [2.24, 2.45) is 39.4 Å². The monoisotopic (exact) mass is 565 g/mol. The highest BCUT2D eigenvalue weighted by Gasteiger charge is 2.68. The van der Waals surface area contributed by atoms with Crippen LogP contribution in [-0.2, 0) is 16.6 Å². The molecule has 3 saturated carbocycles. The summed E-state index contributed by atoms with van der Waals surface area (Å²) in [7, 11) is 0. The van der Waals surface area contributed by atoms with Crippen molar-refractivity contribution in [3.05, 3.63) is 29.2 Å². The SMILES string of the molecule is CC1(C)CC[C@]2(NNC(=O)OC(C)(C)C)CC[C@]3(C)[C@H](CC=C4[C@@]5(C)Cc6cnoc6C(C)(C)[C@@H]5CC[C@]43C)[C@@H]2C1. The zero-order valence-electron chi connectivity index (χ0n) is 27.4. The maximum absolute atomic E-state index is 12.8. The number of aromatic nitrogens is 1. The van der Waals surface area contributed by atoms with Gasteiger partial charge in [-0.3, -0.25) is 5.43 Å². The fraction of sp³-hybridized carbons (Fsp3) is 0.829. The molecule has 3 fully saturated rings. The predicted octanol–water partition coefficient (Wildman–Crippen LogP) is 8.27. The van der Waals surface area contributed by atoms with Gasteiger partial charge >= 0.3 is 6.09 Å². The first-order valence-corrected chi connectivity index (χ1v) is 16.3. The van der Waals surface area contributed by atoms with E-state index in [1.54, 1.807) is 5.57 Å². The standard InChI is InChI=1S/C35H55N3O3/c1-29(2,3)40-28(39)37-38-35-17-15-30(4,5)20-24(35)23-11-12-26-32(8)19-22-21-36-41-27(22)31(6,7)25(32)13-14-34(26,10)33(23,9)16-18-35/h12,21,23-25,38H,11,13-20H2,1-10H3,(H,37,39)/t23-,24+,25+,32+,33-,34-,35+/m1/s1. The van der Waals surface area contributed by atoms with E-state index in [1.807, 2.05) is 27.0 Å². The van der Waals surface area contributed by atoms with Crippen LogP contribution in [-0.4, -0.2) is 22.4 Å². The molecule has 0 radical (unpaired) electrons. The van der Waals surface area contributed by atoms with Gasteiger partial charge in [0.2, 0.25) is 0 Å². The first kappa shape index (κ1) is 29.3. The van der Waals surface area contributed by atoms with Crippen molar-refractivity contribution in [1.82, 2.24) is 16.0 Å². The highest BCUT2D eigenvalue weighted by Crippen LogP contribution is 2.74. The zero-order chi connectivity index (χ0) is 29.9. The van der Waals surface area contributed by atoms with Crippen LogP contribution in [0.1, 0.15) is 132 Å². The topological polar surface area (TPSA) is 76.4 Å². The average molecular weight is 566 g/mol. The fourth-order valence-electron chi connectivity index (χ4n) is 11.2. The first-order chi connectivity index (χ1) is 18.9. The van der Waals surface area contributed by atoms with Crippen molar-refractivity contribution >= 4 is 6.09 Å². The Bertz CT molecular complexity index is 1260. The maximum atomic E-state index is 12.8. The molecule has 228 valence electrons. The van der Waals surface area contributed by atoms with Crippen molar-refractivity contribution in [3.63, 3.8) is 0 Å². The third-order valence-electron chi connectivity index (χ3n) is 13.3. The van der Waals surface area contributed by atoms with Crippen LogP contribution in [0, 0.1) is 39.4 Å². The highest BCUT2D eigenvalue weighted by molar-refractivity contribution is 5.67. The van der Waals surface area contributed by atoms with Gasteiger partial charge in [0.1, 0.15) is 11.4 Å². The van der Waals surface area contributed by atoms with Crippen LogP contribution in [0.2, 0.25) is 0 Å². The largest absolute Gasteiger partial charge is 0.443 e. The number of ether oxygens (including phenoxy) is 1. The molecule has 0 spiro atoms. The molecule has 6 nitrogen and oxygen atoms in total. The Balaban J connectivity index is 1.36.